The second-order valence-electron chi connectivity index (χ2n) is 7.59. The molecule has 2 aromatic heterocycles. The molecule has 7 nitrogen and oxygen atoms in total. The average Bonchev–Trinajstić information content (AvgIpc) is 3.43. The first kappa shape index (κ1) is 20.4. The van der Waals surface area contributed by atoms with Crippen LogP contribution in [0.1, 0.15) is 24.5 Å². The van der Waals surface area contributed by atoms with Gasteiger partial charge in [-0.15, -0.1) is 0 Å². The molecule has 1 aliphatic carbocycles. The molecule has 0 saturated heterocycles. The lowest BCUT2D eigenvalue weighted by atomic mass is 10.3. The maximum absolute atomic E-state index is 12.8. The lowest BCUT2D eigenvalue weighted by molar-refractivity contribution is -0.113. The van der Waals surface area contributed by atoms with Crippen LogP contribution in [0.4, 0.5) is 5.82 Å². The van der Waals surface area contributed by atoms with Crippen LogP contribution >= 0.6 is 11.8 Å². The van der Waals surface area contributed by atoms with Gasteiger partial charge in [0.15, 0.2) is 5.16 Å². The number of amides is 1. The molecular weight excluding hydrogens is 422 g/mol. The van der Waals surface area contributed by atoms with Crippen molar-refractivity contribution in [2.24, 2.45) is 0 Å². The average molecular weight is 446 g/mol. The summed E-state index contributed by atoms with van der Waals surface area (Å²) >= 11 is 1.39. The van der Waals surface area contributed by atoms with E-state index in [1.54, 1.807) is 13.3 Å². The highest BCUT2D eigenvalue weighted by atomic mass is 32.2. The fourth-order valence-electron chi connectivity index (χ4n) is 3.48. The van der Waals surface area contributed by atoms with E-state index in [1.165, 1.54) is 11.8 Å². The predicted octanol–water partition coefficient (Wildman–Crippen LogP) is 4.67. The van der Waals surface area contributed by atoms with E-state index in [0.717, 1.165) is 40.8 Å². The van der Waals surface area contributed by atoms with E-state index in [-0.39, 0.29) is 11.7 Å². The van der Waals surface area contributed by atoms with Crippen molar-refractivity contribution in [2.75, 3.05) is 18.2 Å². The lowest BCUT2D eigenvalue weighted by Gasteiger charge is -2.10. The Kier molecular flexibility index (Phi) is 5.68. The first-order chi connectivity index (χ1) is 15.7. The van der Waals surface area contributed by atoms with E-state index < -0.39 is 0 Å². The normalized spacial score (nSPS) is 13.2. The zero-order valence-electron chi connectivity index (χ0n) is 17.6. The number of hydrogen-bond acceptors (Lipinski definition) is 5. The number of imidazole rings is 1. The number of rotatable bonds is 8. The summed E-state index contributed by atoms with van der Waals surface area (Å²) in [7, 11) is 1.64. The minimum Gasteiger partial charge on any atom is -0.497 e. The number of nitrogens with one attached hydrogen (secondary N) is 1. The van der Waals surface area contributed by atoms with Gasteiger partial charge < -0.3 is 10.1 Å². The van der Waals surface area contributed by atoms with E-state index in [4.69, 9.17) is 9.84 Å². The molecule has 0 unspecified atom stereocenters. The van der Waals surface area contributed by atoms with Gasteiger partial charge in [-0.05, 0) is 49.2 Å². The zero-order valence-corrected chi connectivity index (χ0v) is 18.5. The number of ether oxygens (including phenoxy) is 1. The third kappa shape index (κ3) is 4.40. The van der Waals surface area contributed by atoms with E-state index in [2.05, 4.69) is 10.3 Å². The topological polar surface area (TPSA) is 74.0 Å². The van der Waals surface area contributed by atoms with Crippen molar-refractivity contribution in [3.63, 3.8) is 0 Å². The van der Waals surface area contributed by atoms with Crippen molar-refractivity contribution in [3.8, 4) is 17.1 Å². The number of aromatic nitrogens is 4. The highest BCUT2D eigenvalue weighted by Gasteiger charge is 2.28. The number of anilines is 1. The molecule has 0 aliphatic heterocycles. The highest BCUT2D eigenvalue weighted by molar-refractivity contribution is 7.99. The summed E-state index contributed by atoms with van der Waals surface area (Å²) in [6, 6.07) is 19.6. The first-order valence-electron chi connectivity index (χ1n) is 10.5. The van der Waals surface area contributed by atoms with Crippen LogP contribution in [0, 0.1) is 0 Å². The van der Waals surface area contributed by atoms with Crippen LogP contribution in [-0.4, -0.2) is 38.1 Å². The van der Waals surface area contributed by atoms with Crippen LogP contribution in [0.15, 0.2) is 78.2 Å². The predicted molar refractivity (Wildman–Crippen MR) is 125 cm³/mol. The van der Waals surface area contributed by atoms with Crippen LogP contribution in [0.25, 0.3) is 11.4 Å². The maximum Gasteiger partial charge on any atom is 0.236 e. The lowest BCUT2D eigenvalue weighted by Crippen LogP contribution is -2.17. The SMILES string of the molecule is COc1ccc(-n2ccnc2SCC(=O)Nc2cc(C3CC3)nn2-c2ccccc2)cc1. The molecule has 0 bridgehead atoms. The van der Waals surface area contributed by atoms with Gasteiger partial charge in [0, 0.05) is 30.1 Å². The maximum atomic E-state index is 12.8. The minimum absolute atomic E-state index is 0.0984. The number of carbonyl (C=O) groups is 1. The zero-order chi connectivity index (χ0) is 21.9. The Morgan fingerprint density at radius 3 is 2.62 bits per heavy atom. The molecule has 2 heterocycles. The molecule has 1 amide bonds. The summed E-state index contributed by atoms with van der Waals surface area (Å²) in [6.45, 7) is 0. The van der Waals surface area contributed by atoms with E-state index in [1.807, 2.05) is 76.1 Å². The van der Waals surface area contributed by atoms with E-state index >= 15 is 0 Å². The Labute approximate surface area is 190 Å². The third-order valence-corrected chi connectivity index (χ3v) is 6.25. The van der Waals surface area contributed by atoms with Gasteiger partial charge in [0.05, 0.1) is 24.2 Å². The number of carbonyl (C=O) groups excluding carboxylic acids is 1. The van der Waals surface area contributed by atoms with Crippen LogP contribution in [-0.2, 0) is 4.79 Å². The molecule has 32 heavy (non-hydrogen) atoms. The Bertz CT molecular complexity index is 1210. The number of hydrogen-bond donors (Lipinski definition) is 1. The Hall–Kier alpha value is -3.52. The second-order valence-corrected chi connectivity index (χ2v) is 8.53. The van der Waals surface area contributed by atoms with E-state index in [9.17, 15) is 4.79 Å². The number of nitrogens with zero attached hydrogens (tertiary/aromatic N) is 4. The molecule has 2 aromatic carbocycles. The van der Waals surface area contributed by atoms with Gasteiger partial charge in [-0.1, -0.05) is 30.0 Å². The molecule has 1 aliphatic rings. The number of methoxy groups -OCH3 is 1. The summed E-state index contributed by atoms with van der Waals surface area (Å²) in [5.41, 5.74) is 2.92. The first-order valence-corrected chi connectivity index (χ1v) is 11.5. The molecule has 1 N–H and O–H groups in total. The molecule has 0 atom stereocenters. The molecule has 1 saturated carbocycles. The quantitative estimate of drug-likeness (QED) is 0.399. The van der Waals surface area contributed by atoms with Crippen LogP contribution in [0.5, 0.6) is 5.75 Å². The monoisotopic (exact) mass is 445 g/mol. The van der Waals surface area contributed by atoms with Crippen LogP contribution < -0.4 is 10.1 Å². The Balaban J connectivity index is 1.29. The van der Waals surface area contributed by atoms with Gasteiger partial charge >= 0.3 is 0 Å². The molecule has 8 heteroatoms. The standard InChI is InChI=1S/C24H23N5O2S/c1-31-20-11-9-18(10-12-20)28-14-13-25-24(28)32-16-23(30)26-22-15-21(17-7-8-17)27-29(22)19-5-3-2-4-6-19/h2-6,9-15,17H,7-8,16H2,1H3,(H,26,30). The minimum atomic E-state index is -0.0984. The molecule has 0 spiro atoms. The fourth-order valence-corrected chi connectivity index (χ4v) is 4.25. The van der Waals surface area contributed by atoms with Crippen LogP contribution in [0.2, 0.25) is 0 Å². The fraction of sp³-hybridized carbons (Fsp3) is 0.208. The van der Waals surface area contributed by atoms with Gasteiger partial charge in [-0.2, -0.15) is 5.10 Å². The van der Waals surface area contributed by atoms with Crippen LogP contribution in [0.3, 0.4) is 0 Å². The molecule has 1 fully saturated rings. The molecular formula is C24H23N5O2S. The third-order valence-electron chi connectivity index (χ3n) is 5.28. The highest BCUT2D eigenvalue weighted by Crippen LogP contribution is 2.40. The Morgan fingerprint density at radius 1 is 1.12 bits per heavy atom. The molecule has 0 radical (unpaired) electrons. The summed E-state index contributed by atoms with van der Waals surface area (Å²) in [6.07, 6.45) is 5.93. The smallest absolute Gasteiger partial charge is 0.236 e. The van der Waals surface area contributed by atoms with Crippen molar-refractivity contribution >= 4 is 23.5 Å². The number of benzene rings is 2. The number of para-hydroxylation sites is 1. The van der Waals surface area contributed by atoms with Crippen molar-refractivity contribution in [1.82, 2.24) is 19.3 Å². The van der Waals surface area contributed by atoms with Crippen molar-refractivity contribution < 1.29 is 9.53 Å². The molecule has 162 valence electrons. The summed E-state index contributed by atoms with van der Waals surface area (Å²) in [5.74, 6) is 2.14. The van der Waals surface area contributed by atoms with Gasteiger partial charge in [0.25, 0.3) is 0 Å². The van der Waals surface area contributed by atoms with Gasteiger partial charge in [-0.25, -0.2) is 9.67 Å². The van der Waals surface area contributed by atoms with E-state index in [0.29, 0.717) is 11.7 Å². The van der Waals surface area contributed by atoms with Gasteiger partial charge in [0.2, 0.25) is 5.91 Å². The van der Waals surface area contributed by atoms with Crippen molar-refractivity contribution in [2.45, 2.75) is 23.9 Å². The molecule has 5 rings (SSSR count). The second kappa shape index (κ2) is 8.92. The summed E-state index contributed by atoms with van der Waals surface area (Å²) in [4.78, 5) is 17.2. The van der Waals surface area contributed by atoms with Crippen molar-refractivity contribution in [1.29, 1.82) is 0 Å². The van der Waals surface area contributed by atoms with Gasteiger partial charge in [0.1, 0.15) is 11.6 Å². The molecule has 4 aromatic rings. The summed E-state index contributed by atoms with van der Waals surface area (Å²) in [5, 5.41) is 8.53. The number of thioether (sulfide) groups is 1. The largest absolute Gasteiger partial charge is 0.497 e. The summed E-state index contributed by atoms with van der Waals surface area (Å²) < 4.78 is 8.99. The van der Waals surface area contributed by atoms with Crippen molar-refractivity contribution in [3.05, 3.63) is 78.8 Å². The van der Waals surface area contributed by atoms with Gasteiger partial charge in [-0.3, -0.25) is 9.36 Å². The Morgan fingerprint density at radius 2 is 1.91 bits per heavy atom.